The first-order valence-electron chi connectivity index (χ1n) is 7.52. The zero-order valence-electron chi connectivity index (χ0n) is 12.4. The Bertz CT molecular complexity index is 470. The molecule has 0 radical (unpaired) electrons. The largest absolute Gasteiger partial charge is 0.497 e. The molecule has 1 aliphatic rings. The van der Waals surface area contributed by atoms with Gasteiger partial charge in [-0.05, 0) is 56.0 Å². The van der Waals surface area contributed by atoms with Gasteiger partial charge in [0.25, 0.3) is 0 Å². The second-order valence-corrected chi connectivity index (χ2v) is 6.11. The first-order chi connectivity index (χ1) is 9.76. The van der Waals surface area contributed by atoms with E-state index in [-0.39, 0.29) is 0 Å². The fourth-order valence-corrected chi connectivity index (χ4v) is 3.29. The van der Waals surface area contributed by atoms with Gasteiger partial charge in [-0.2, -0.15) is 0 Å². The Balaban J connectivity index is 2.34. The molecule has 1 N–H and O–H groups in total. The third-order valence-electron chi connectivity index (χ3n) is 3.87. The monoisotopic (exact) mass is 337 g/mol. The number of halogens is 1. The number of ether oxygens (including phenoxy) is 1. The summed E-state index contributed by atoms with van der Waals surface area (Å²) in [7, 11) is 1.72. The number of benzene rings is 1. The zero-order valence-corrected chi connectivity index (χ0v) is 14.0. The van der Waals surface area contributed by atoms with Crippen LogP contribution >= 0.6 is 15.9 Å². The van der Waals surface area contributed by atoms with E-state index in [4.69, 9.17) is 4.74 Å². The highest BCUT2D eigenvalue weighted by Crippen LogP contribution is 2.35. The summed E-state index contributed by atoms with van der Waals surface area (Å²) >= 11 is 3.69. The molecule has 0 saturated heterocycles. The van der Waals surface area contributed by atoms with E-state index in [1.165, 1.54) is 43.2 Å². The van der Waals surface area contributed by atoms with Crippen LogP contribution in [0.15, 0.2) is 34.3 Å². The predicted molar refractivity (Wildman–Crippen MR) is 88.3 cm³/mol. The molecule has 20 heavy (non-hydrogen) atoms. The molecular weight excluding hydrogens is 314 g/mol. The summed E-state index contributed by atoms with van der Waals surface area (Å²) in [5.74, 6) is 0.917. The highest BCUT2D eigenvalue weighted by Gasteiger charge is 2.19. The molecule has 1 aromatic rings. The van der Waals surface area contributed by atoms with Gasteiger partial charge in [0.05, 0.1) is 13.2 Å². The third-order valence-corrected chi connectivity index (χ3v) is 4.59. The molecule has 1 unspecified atom stereocenters. The second-order valence-electron chi connectivity index (χ2n) is 5.26. The number of rotatable bonds is 5. The first kappa shape index (κ1) is 15.6. The summed E-state index contributed by atoms with van der Waals surface area (Å²) in [4.78, 5) is 0. The minimum absolute atomic E-state index is 0.294. The van der Waals surface area contributed by atoms with Crippen LogP contribution < -0.4 is 10.1 Å². The third kappa shape index (κ3) is 3.86. The van der Waals surface area contributed by atoms with Crippen LogP contribution in [0.1, 0.15) is 50.6 Å². The lowest BCUT2D eigenvalue weighted by Crippen LogP contribution is -2.23. The van der Waals surface area contributed by atoms with Crippen LogP contribution in [0.3, 0.4) is 0 Å². The van der Waals surface area contributed by atoms with E-state index in [2.05, 4.69) is 46.4 Å². The van der Waals surface area contributed by atoms with Gasteiger partial charge >= 0.3 is 0 Å². The molecule has 3 heteroatoms. The lowest BCUT2D eigenvalue weighted by Gasteiger charge is -2.23. The Hall–Kier alpha value is -0.800. The van der Waals surface area contributed by atoms with Crippen molar-refractivity contribution < 1.29 is 4.74 Å². The second kappa shape index (κ2) is 7.84. The van der Waals surface area contributed by atoms with Gasteiger partial charge in [0.15, 0.2) is 0 Å². The Morgan fingerprint density at radius 3 is 2.90 bits per heavy atom. The molecule has 2 rings (SSSR count). The minimum Gasteiger partial charge on any atom is -0.497 e. The van der Waals surface area contributed by atoms with Gasteiger partial charge in [0.1, 0.15) is 5.75 Å². The van der Waals surface area contributed by atoms with Gasteiger partial charge in [0.2, 0.25) is 0 Å². The highest BCUT2D eigenvalue weighted by atomic mass is 79.9. The number of methoxy groups -OCH3 is 1. The predicted octanol–water partition coefficient (Wildman–Crippen LogP) is 5.00. The lowest BCUT2D eigenvalue weighted by atomic mass is 9.95. The molecule has 0 heterocycles. The highest BCUT2D eigenvalue weighted by molar-refractivity contribution is 9.10. The van der Waals surface area contributed by atoms with Crippen molar-refractivity contribution in [1.29, 1.82) is 0 Å². The van der Waals surface area contributed by atoms with Crippen LogP contribution in [0, 0.1) is 0 Å². The number of allylic oxidation sites excluding steroid dienone is 1. The molecule has 0 aromatic heterocycles. The SMILES string of the molecule is CCNC(C1=CCCCCC1)c1cc(OC)ccc1Br. The smallest absolute Gasteiger partial charge is 0.119 e. The van der Waals surface area contributed by atoms with Crippen molar-refractivity contribution >= 4 is 15.9 Å². The fraction of sp³-hybridized carbons (Fsp3) is 0.529. The van der Waals surface area contributed by atoms with Gasteiger partial charge in [-0.25, -0.2) is 0 Å². The van der Waals surface area contributed by atoms with Crippen molar-refractivity contribution in [1.82, 2.24) is 5.32 Å². The first-order valence-corrected chi connectivity index (χ1v) is 8.31. The maximum atomic E-state index is 5.38. The fourth-order valence-electron chi connectivity index (χ4n) is 2.82. The summed E-state index contributed by atoms with van der Waals surface area (Å²) < 4.78 is 6.53. The molecule has 0 fully saturated rings. The van der Waals surface area contributed by atoms with Crippen molar-refractivity contribution in [2.75, 3.05) is 13.7 Å². The molecule has 0 aliphatic heterocycles. The van der Waals surface area contributed by atoms with E-state index in [9.17, 15) is 0 Å². The molecule has 0 spiro atoms. The zero-order chi connectivity index (χ0) is 14.4. The number of nitrogens with one attached hydrogen (secondary N) is 1. The maximum absolute atomic E-state index is 5.38. The van der Waals surface area contributed by atoms with Gasteiger partial charge < -0.3 is 10.1 Å². The van der Waals surface area contributed by atoms with E-state index < -0.39 is 0 Å². The van der Waals surface area contributed by atoms with Crippen LogP contribution in [0.4, 0.5) is 0 Å². The van der Waals surface area contributed by atoms with E-state index in [0.717, 1.165) is 16.8 Å². The van der Waals surface area contributed by atoms with Crippen LogP contribution in [-0.2, 0) is 0 Å². The molecular formula is C17H24BrNO. The van der Waals surface area contributed by atoms with E-state index >= 15 is 0 Å². The van der Waals surface area contributed by atoms with Crippen LogP contribution in [0.2, 0.25) is 0 Å². The van der Waals surface area contributed by atoms with Crippen molar-refractivity contribution in [2.24, 2.45) is 0 Å². The van der Waals surface area contributed by atoms with Crippen molar-refractivity contribution in [3.8, 4) is 5.75 Å². The summed E-state index contributed by atoms with van der Waals surface area (Å²) in [6.07, 6.45) is 8.81. The Kier molecular flexibility index (Phi) is 6.11. The number of likely N-dealkylation sites (N-methyl/N-ethyl adjacent to an activating group) is 1. The Morgan fingerprint density at radius 1 is 1.30 bits per heavy atom. The average Bonchev–Trinajstić information content (AvgIpc) is 2.75. The summed E-state index contributed by atoms with van der Waals surface area (Å²) in [5.41, 5.74) is 2.80. The standard InChI is InChI=1S/C17H24BrNO/c1-3-19-17(13-8-6-4-5-7-9-13)15-12-14(20-2)10-11-16(15)18/h8,10-12,17,19H,3-7,9H2,1-2H3. The molecule has 1 atom stereocenters. The van der Waals surface area contributed by atoms with E-state index in [1.807, 2.05) is 6.07 Å². The van der Waals surface area contributed by atoms with Gasteiger partial charge in [0, 0.05) is 4.47 Å². The molecule has 0 amide bonds. The molecule has 0 saturated carbocycles. The Morgan fingerprint density at radius 2 is 2.15 bits per heavy atom. The number of hydrogen-bond acceptors (Lipinski definition) is 2. The molecule has 2 nitrogen and oxygen atoms in total. The van der Waals surface area contributed by atoms with Crippen molar-refractivity contribution in [3.63, 3.8) is 0 Å². The van der Waals surface area contributed by atoms with E-state index in [0.29, 0.717) is 6.04 Å². The normalized spacial score (nSPS) is 17.2. The summed E-state index contributed by atoms with van der Waals surface area (Å²) in [6, 6.07) is 6.51. The quantitative estimate of drug-likeness (QED) is 0.763. The molecule has 110 valence electrons. The molecule has 1 aliphatic carbocycles. The average molecular weight is 338 g/mol. The van der Waals surface area contributed by atoms with Crippen LogP contribution in [0.25, 0.3) is 0 Å². The number of hydrogen-bond donors (Lipinski definition) is 1. The summed E-state index contributed by atoms with van der Waals surface area (Å²) in [6.45, 7) is 3.13. The van der Waals surface area contributed by atoms with Gasteiger partial charge in [-0.3, -0.25) is 0 Å². The maximum Gasteiger partial charge on any atom is 0.119 e. The minimum atomic E-state index is 0.294. The van der Waals surface area contributed by atoms with Crippen LogP contribution in [0.5, 0.6) is 5.75 Å². The van der Waals surface area contributed by atoms with Crippen LogP contribution in [-0.4, -0.2) is 13.7 Å². The van der Waals surface area contributed by atoms with Crippen molar-refractivity contribution in [3.05, 3.63) is 39.9 Å². The molecule has 0 bridgehead atoms. The summed E-state index contributed by atoms with van der Waals surface area (Å²) in [5, 5.41) is 3.63. The Labute approximate surface area is 130 Å². The lowest BCUT2D eigenvalue weighted by molar-refractivity contribution is 0.413. The molecule has 1 aromatic carbocycles. The topological polar surface area (TPSA) is 21.3 Å². The van der Waals surface area contributed by atoms with Crippen molar-refractivity contribution in [2.45, 2.75) is 45.1 Å². The van der Waals surface area contributed by atoms with E-state index in [1.54, 1.807) is 7.11 Å². The van der Waals surface area contributed by atoms with Gasteiger partial charge in [-0.15, -0.1) is 0 Å². The van der Waals surface area contributed by atoms with Gasteiger partial charge in [-0.1, -0.05) is 40.9 Å².